The minimum absolute atomic E-state index is 0. The molecule has 2 amide bonds. The molecule has 0 aliphatic carbocycles. The first-order valence-corrected chi connectivity index (χ1v) is 25.6. The average Bonchev–Trinajstić information content (AvgIpc) is 4.31. The van der Waals surface area contributed by atoms with E-state index in [9.17, 15) is 24.9 Å². The van der Waals surface area contributed by atoms with Gasteiger partial charge in [-0.05, 0) is 103 Å². The van der Waals surface area contributed by atoms with Crippen molar-refractivity contribution in [2.75, 3.05) is 52.6 Å². The Morgan fingerprint density at radius 2 is 0.919 bits per heavy atom. The van der Waals surface area contributed by atoms with Gasteiger partial charge in [0.2, 0.25) is 11.8 Å². The largest absolute Gasteiger partial charge is 1.00 e. The van der Waals surface area contributed by atoms with Crippen molar-refractivity contribution in [2.45, 2.75) is 88.4 Å². The molecule has 388 valence electrons. The number of hydrogen-bond acceptors (Lipinski definition) is 10. The molecule has 6 aromatic carbocycles. The average molecular weight is 1020 g/mol. The summed E-state index contributed by atoms with van der Waals surface area (Å²) in [5.41, 5.74) is 5.70. The van der Waals surface area contributed by atoms with Gasteiger partial charge < -0.3 is 40.8 Å². The Morgan fingerprint density at radius 3 is 1.34 bits per heavy atom. The molecule has 2 unspecified atom stereocenters. The fourth-order valence-electron chi connectivity index (χ4n) is 9.05. The van der Waals surface area contributed by atoms with E-state index in [1.165, 1.54) is 12.8 Å². The van der Waals surface area contributed by atoms with Crippen molar-refractivity contribution < 1.29 is 59.4 Å². The number of carbonyl (C=O) groups is 2. The van der Waals surface area contributed by atoms with Crippen molar-refractivity contribution in [1.82, 2.24) is 20.4 Å². The number of carbonyl (C=O) groups excluding carboxylic acids is 2. The summed E-state index contributed by atoms with van der Waals surface area (Å²) < 4.78 is 16.7. The molecular weight excluding hydrogens is 939 g/mol. The van der Waals surface area contributed by atoms with Crippen LogP contribution in [0.1, 0.15) is 91.5 Å². The number of ether oxygens (including phenoxy) is 3. The summed E-state index contributed by atoms with van der Waals surface area (Å²) in [6.07, 6.45) is 6.06. The maximum Gasteiger partial charge on any atom is 1.00 e. The molecule has 12 nitrogen and oxygen atoms in total. The van der Waals surface area contributed by atoms with Crippen LogP contribution in [0.3, 0.4) is 0 Å². The van der Waals surface area contributed by atoms with Gasteiger partial charge in [0.15, 0.2) is 17.4 Å². The quantitative estimate of drug-likeness (QED) is 0.0694. The maximum absolute atomic E-state index is 13.4. The first-order valence-electron chi connectivity index (χ1n) is 25.6. The van der Waals surface area contributed by atoms with Crippen LogP contribution in [0.5, 0.6) is 11.5 Å². The molecule has 3 aliphatic rings. The van der Waals surface area contributed by atoms with E-state index in [0.717, 1.165) is 85.6 Å². The van der Waals surface area contributed by atoms with Gasteiger partial charge in [0.25, 0.3) is 0 Å². The first-order chi connectivity index (χ1) is 35.4. The zero-order valence-corrected chi connectivity index (χ0v) is 42.4. The number of amides is 2. The van der Waals surface area contributed by atoms with Gasteiger partial charge in [0, 0.05) is 39.4 Å². The van der Waals surface area contributed by atoms with Gasteiger partial charge in [0.1, 0.15) is 36.9 Å². The summed E-state index contributed by atoms with van der Waals surface area (Å²) in [6.45, 7) is 5.70. The minimum atomic E-state index is -1.07. The molecule has 74 heavy (non-hydrogen) atoms. The number of nitrogens with one attached hydrogen (secondary N) is 2. The van der Waals surface area contributed by atoms with Gasteiger partial charge in [-0.1, -0.05) is 146 Å². The van der Waals surface area contributed by atoms with Crippen molar-refractivity contribution in [2.24, 2.45) is 0 Å². The van der Waals surface area contributed by atoms with E-state index < -0.39 is 24.2 Å². The van der Waals surface area contributed by atoms with Crippen molar-refractivity contribution in [3.63, 3.8) is 0 Å². The van der Waals surface area contributed by atoms with Gasteiger partial charge in [0.05, 0.1) is 31.3 Å². The second-order valence-corrected chi connectivity index (χ2v) is 18.5. The molecule has 3 saturated heterocycles. The van der Waals surface area contributed by atoms with E-state index >= 15 is 0 Å². The molecular formula is C60H76AlLiN4O8. The minimum Gasteiger partial charge on any atom is -1.00 e. The molecule has 0 saturated carbocycles. The van der Waals surface area contributed by atoms with Crippen LogP contribution in [-0.2, 0) is 34.0 Å². The second kappa shape index (κ2) is 32.9. The van der Waals surface area contributed by atoms with Crippen molar-refractivity contribution in [1.29, 1.82) is 0 Å². The van der Waals surface area contributed by atoms with Crippen molar-refractivity contribution in [3.05, 3.63) is 203 Å². The molecule has 9 rings (SSSR count). The molecule has 5 N–H and O–H groups in total. The third-order valence-electron chi connectivity index (χ3n) is 13.2. The van der Waals surface area contributed by atoms with E-state index in [1.807, 2.05) is 150 Å². The topological polar surface area (TPSA) is 153 Å². The maximum atomic E-state index is 13.4. The van der Waals surface area contributed by atoms with E-state index in [4.69, 9.17) is 14.2 Å². The molecule has 0 spiro atoms. The number of nitrogens with zero attached hydrogens (tertiary/aromatic N) is 2. The standard InChI is InChI=1S/C28H32N2O4.C28H32N2O3.C4H8O.Al.Li.4H/c31-19-25(22-11-5-2-6-12-22)29-26(28(33)30-17-7-8-18-30)27(32)23-13-15-24(16-14-23)34-20-21-9-3-1-4-10-21;31-20-27(24-11-5-2-6-12-24)29-26(28(32)30-17-7-8-18-30)19-22-13-15-25(16-14-22)33-21-23-9-3-1-4-10-23;1-2-4-5-3-1;;;;;;/h1-6,9-16,25-27,29,31-32H,7-8,17-20H2;1-6,9-16,26-27,29,31H,7-8,17-21H2;1-4H2;;;;;;/q;;;;+1;;;;-1/t25?,26-,27+;26-,27?;;;;;;;/m00......./s1. The van der Waals surface area contributed by atoms with Crippen molar-refractivity contribution in [3.8, 4) is 11.5 Å². The molecule has 6 aromatic rings. The molecule has 3 aliphatic heterocycles. The summed E-state index contributed by atoms with van der Waals surface area (Å²) in [5.74, 6) is 1.44. The van der Waals surface area contributed by atoms with Gasteiger partial charge in [-0.2, -0.15) is 0 Å². The second-order valence-electron chi connectivity index (χ2n) is 18.5. The summed E-state index contributed by atoms with van der Waals surface area (Å²) >= 11 is 0. The predicted octanol–water partition coefficient (Wildman–Crippen LogP) is 4.46. The Morgan fingerprint density at radius 1 is 0.514 bits per heavy atom. The normalized spacial score (nSPS) is 15.8. The van der Waals surface area contributed by atoms with E-state index in [-0.39, 0.29) is 68.7 Å². The fourth-order valence-corrected chi connectivity index (χ4v) is 9.05. The predicted molar refractivity (Wildman–Crippen MR) is 292 cm³/mol. The van der Waals surface area contributed by atoms with E-state index in [1.54, 1.807) is 29.2 Å². The smallest absolute Gasteiger partial charge is 1.00 e. The van der Waals surface area contributed by atoms with Crippen molar-refractivity contribution >= 4 is 29.2 Å². The van der Waals surface area contributed by atoms with E-state index in [2.05, 4.69) is 10.6 Å². The van der Waals surface area contributed by atoms with Gasteiger partial charge in [-0.25, -0.2) is 0 Å². The van der Waals surface area contributed by atoms with Crippen LogP contribution in [-0.4, -0.2) is 119 Å². The van der Waals surface area contributed by atoms with Crippen LogP contribution in [0, 0.1) is 0 Å². The summed E-state index contributed by atoms with van der Waals surface area (Å²) in [4.78, 5) is 30.4. The number of hydrogen-bond donors (Lipinski definition) is 5. The number of benzene rings is 6. The van der Waals surface area contributed by atoms with E-state index in [0.29, 0.717) is 44.0 Å². The Balaban J connectivity index is 0.000000286. The number of aliphatic hydroxyl groups excluding tert-OH is 3. The van der Waals surface area contributed by atoms with Gasteiger partial charge in [-0.15, -0.1) is 0 Å². The summed E-state index contributed by atoms with van der Waals surface area (Å²) in [7, 11) is 0. The van der Waals surface area contributed by atoms with Crippen LogP contribution < -0.4 is 39.0 Å². The van der Waals surface area contributed by atoms with Crippen LogP contribution >= 0.6 is 0 Å². The molecule has 3 fully saturated rings. The fraction of sp³-hybridized carbons (Fsp3) is 0.367. The molecule has 5 atom stereocenters. The molecule has 14 heteroatoms. The number of aliphatic hydroxyl groups is 3. The number of rotatable bonds is 20. The monoisotopic (exact) mass is 1010 g/mol. The Kier molecular flexibility index (Phi) is 26.5. The first kappa shape index (κ1) is 59.6. The van der Waals surface area contributed by atoms with Gasteiger partial charge >= 0.3 is 18.9 Å². The van der Waals surface area contributed by atoms with Crippen LogP contribution in [0.2, 0.25) is 0 Å². The number of likely N-dealkylation sites (tertiary alicyclic amines) is 2. The Hall–Kier alpha value is -5.25. The van der Waals surface area contributed by atoms with Crippen LogP contribution in [0.4, 0.5) is 0 Å². The third kappa shape index (κ3) is 18.8. The van der Waals surface area contributed by atoms with Gasteiger partial charge in [-0.3, -0.25) is 20.2 Å². The zero-order chi connectivity index (χ0) is 50.2. The Bertz CT molecular complexity index is 2450. The zero-order valence-electron chi connectivity index (χ0n) is 43.4. The molecule has 0 aromatic heterocycles. The van der Waals surface area contributed by atoms with Crippen LogP contribution in [0.15, 0.2) is 170 Å². The SMILES string of the molecule is C1CCOC1.O=C([C@@H](NC(CO)c1ccccc1)[C@H](O)c1ccc(OCc2ccccc2)cc1)N1CCCC1.O=C([C@H](Cc1ccc(OCc2ccccc2)cc1)NC(CO)c1ccccc1)N1CCCC1.[AlH3].[H-].[Li+]. The molecule has 0 bridgehead atoms. The van der Waals surface area contributed by atoms with Crippen LogP contribution in [0.25, 0.3) is 0 Å². The summed E-state index contributed by atoms with van der Waals surface area (Å²) in [5, 5.41) is 38.0. The molecule has 3 heterocycles. The summed E-state index contributed by atoms with van der Waals surface area (Å²) in [6, 6.07) is 52.3. The third-order valence-corrected chi connectivity index (χ3v) is 13.2. The molecule has 0 radical (unpaired) electrons. The Labute approximate surface area is 462 Å².